The van der Waals surface area contributed by atoms with E-state index in [1.54, 1.807) is 0 Å². The van der Waals surface area contributed by atoms with Crippen molar-refractivity contribution in [3.63, 3.8) is 0 Å². The lowest BCUT2D eigenvalue weighted by Crippen LogP contribution is -1.91. The molecule has 35 heavy (non-hydrogen) atoms. The molecule has 0 N–H and O–H groups in total. The first-order valence-corrected chi connectivity index (χ1v) is 21.1. The summed E-state index contributed by atoms with van der Waals surface area (Å²) in [6.07, 6.45) is 32.9. The van der Waals surface area contributed by atoms with E-state index in [-0.39, 0.29) is 0 Å². The second-order valence-corrected chi connectivity index (χ2v) is 19.0. The van der Waals surface area contributed by atoms with Gasteiger partial charge in [-0.2, -0.15) is 0 Å². The Labute approximate surface area is 223 Å². The van der Waals surface area contributed by atoms with Crippen molar-refractivity contribution in [3.8, 4) is 0 Å². The van der Waals surface area contributed by atoms with E-state index in [1.165, 1.54) is 141 Å². The van der Waals surface area contributed by atoms with Crippen LogP contribution in [-0.4, -0.2) is 38.5 Å². The third-order valence-electron chi connectivity index (χ3n) is 7.20. The monoisotopic (exact) mass is 534 g/mol. The predicted molar refractivity (Wildman–Crippen MR) is 166 cm³/mol. The first-order chi connectivity index (χ1) is 16.7. The molecule has 4 heteroatoms. The Bertz CT molecular complexity index is 498. The average molecular weight is 535 g/mol. The molecule has 0 aliphatic rings. The topological polar surface area (TPSA) is 34.1 Å². The van der Waals surface area contributed by atoms with Gasteiger partial charge in [0, 0.05) is 12.3 Å². The van der Waals surface area contributed by atoms with E-state index in [1.807, 2.05) is 20.0 Å². The highest BCUT2D eigenvalue weighted by Gasteiger charge is 2.10. The van der Waals surface area contributed by atoms with Gasteiger partial charge in [-0.25, -0.2) is 0 Å². The Morgan fingerprint density at radius 1 is 0.371 bits per heavy atom. The zero-order chi connectivity index (χ0) is 26.7. The Hall–Kier alpha value is 0.460. The summed E-state index contributed by atoms with van der Waals surface area (Å²) < 4.78 is 23.3. The van der Waals surface area contributed by atoms with Crippen molar-refractivity contribution in [2.45, 2.75) is 162 Å². The lowest BCUT2D eigenvalue weighted by atomic mass is 10.1. The van der Waals surface area contributed by atoms with Crippen LogP contribution in [-0.2, 0) is 9.13 Å². The minimum atomic E-state index is -1.75. The van der Waals surface area contributed by atoms with Crippen molar-refractivity contribution in [2.24, 2.45) is 0 Å². The summed E-state index contributed by atoms with van der Waals surface area (Å²) in [6, 6.07) is 0. The van der Waals surface area contributed by atoms with Gasteiger partial charge in [-0.15, -0.1) is 0 Å². The van der Waals surface area contributed by atoms with Gasteiger partial charge in [-0.3, -0.25) is 0 Å². The SMILES string of the molecule is CCCCCCCCCCCCCCP(C)(=O)CC.CCCCCCCCCCCCP(C)(C)=O. The molecule has 0 spiro atoms. The van der Waals surface area contributed by atoms with Crippen LogP contribution < -0.4 is 0 Å². The van der Waals surface area contributed by atoms with Gasteiger partial charge < -0.3 is 9.13 Å². The average Bonchev–Trinajstić information content (AvgIpc) is 2.81. The molecule has 0 rings (SSSR count). The molecular weight excluding hydrogens is 466 g/mol. The van der Waals surface area contributed by atoms with E-state index >= 15 is 0 Å². The van der Waals surface area contributed by atoms with Crippen LogP contribution in [0.2, 0.25) is 0 Å². The fraction of sp³-hybridized carbons (Fsp3) is 1.00. The van der Waals surface area contributed by atoms with Gasteiger partial charge in [0.2, 0.25) is 0 Å². The Balaban J connectivity index is 0. The van der Waals surface area contributed by atoms with Gasteiger partial charge in [-0.1, -0.05) is 149 Å². The van der Waals surface area contributed by atoms with E-state index < -0.39 is 14.3 Å². The van der Waals surface area contributed by atoms with Crippen molar-refractivity contribution in [2.75, 3.05) is 38.5 Å². The van der Waals surface area contributed by atoms with E-state index in [4.69, 9.17) is 0 Å². The molecule has 2 nitrogen and oxygen atoms in total. The zero-order valence-corrected chi connectivity index (χ0v) is 27.2. The van der Waals surface area contributed by atoms with Crippen LogP contribution in [0.4, 0.5) is 0 Å². The highest BCUT2D eigenvalue weighted by molar-refractivity contribution is 7.63. The summed E-state index contributed by atoms with van der Waals surface area (Å²) in [5.74, 6) is 0. The maximum Gasteiger partial charge on any atom is 0.0845 e. The minimum absolute atomic E-state index is 0.880. The van der Waals surface area contributed by atoms with E-state index in [0.717, 1.165) is 18.5 Å². The third kappa shape index (κ3) is 36.7. The van der Waals surface area contributed by atoms with Crippen molar-refractivity contribution in [1.29, 1.82) is 0 Å². The second-order valence-electron chi connectivity index (χ2n) is 11.7. The Morgan fingerprint density at radius 3 is 0.886 bits per heavy atom. The molecule has 0 bridgehead atoms. The molecular formula is C31H68O2P2. The van der Waals surface area contributed by atoms with Gasteiger partial charge in [0.15, 0.2) is 0 Å². The molecule has 0 aliphatic heterocycles. The highest BCUT2D eigenvalue weighted by Crippen LogP contribution is 2.41. The van der Waals surface area contributed by atoms with Gasteiger partial charge in [0.05, 0.1) is 14.3 Å². The van der Waals surface area contributed by atoms with Crippen LogP contribution >= 0.6 is 14.3 Å². The van der Waals surface area contributed by atoms with E-state index in [0.29, 0.717) is 0 Å². The molecule has 1 unspecified atom stereocenters. The minimum Gasteiger partial charge on any atom is -0.324 e. The summed E-state index contributed by atoms with van der Waals surface area (Å²) in [5.41, 5.74) is 0. The quantitative estimate of drug-likeness (QED) is 0.0862. The molecule has 214 valence electrons. The number of hydrogen-bond donors (Lipinski definition) is 0. The second kappa shape index (κ2) is 27.5. The van der Waals surface area contributed by atoms with Crippen molar-refractivity contribution in [3.05, 3.63) is 0 Å². The summed E-state index contributed by atoms with van der Waals surface area (Å²) in [5, 5.41) is 0. The predicted octanol–water partition coefficient (Wildman–Crippen LogP) is 12.2. The third-order valence-corrected chi connectivity index (χ3v) is 11.2. The zero-order valence-electron chi connectivity index (χ0n) is 25.4. The van der Waals surface area contributed by atoms with E-state index in [9.17, 15) is 9.13 Å². The first kappa shape index (κ1) is 37.6. The first-order valence-electron chi connectivity index (χ1n) is 15.8. The highest BCUT2D eigenvalue weighted by atomic mass is 31.2. The lowest BCUT2D eigenvalue weighted by molar-refractivity contribution is 0.545. The summed E-state index contributed by atoms with van der Waals surface area (Å²) >= 11 is 0. The van der Waals surface area contributed by atoms with Crippen LogP contribution in [0.5, 0.6) is 0 Å². The molecule has 0 fully saturated rings. The maximum atomic E-state index is 11.9. The smallest absolute Gasteiger partial charge is 0.0845 e. The Kier molecular flexibility index (Phi) is 29.5. The molecule has 0 aliphatic carbocycles. The van der Waals surface area contributed by atoms with Gasteiger partial charge in [0.1, 0.15) is 0 Å². The van der Waals surface area contributed by atoms with Crippen LogP contribution in [0.1, 0.15) is 162 Å². The largest absolute Gasteiger partial charge is 0.324 e. The lowest BCUT2D eigenvalue weighted by Gasteiger charge is -2.09. The number of unbranched alkanes of at least 4 members (excludes halogenated alkanes) is 20. The van der Waals surface area contributed by atoms with Gasteiger partial charge in [-0.05, 0) is 39.0 Å². The van der Waals surface area contributed by atoms with Gasteiger partial charge >= 0.3 is 0 Å². The molecule has 1 atom stereocenters. The number of hydrogen-bond acceptors (Lipinski definition) is 2. The molecule has 0 aromatic rings. The van der Waals surface area contributed by atoms with Crippen molar-refractivity contribution in [1.82, 2.24) is 0 Å². The molecule has 0 aromatic carbocycles. The molecule has 0 radical (unpaired) electrons. The standard InChI is InChI=1S/C17H37OP.C14H31OP/c1-4-6-7-8-9-10-11-12-13-14-15-16-17-19(3,18)5-2;1-4-5-6-7-8-9-10-11-12-13-14-16(2,3)15/h4-17H2,1-3H3;4-14H2,1-3H3. The summed E-state index contributed by atoms with van der Waals surface area (Å²) in [7, 11) is -3.49. The Morgan fingerprint density at radius 2 is 0.629 bits per heavy atom. The number of rotatable bonds is 25. The fourth-order valence-electron chi connectivity index (χ4n) is 4.43. The van der Waals surface area contributed by atoms with Crippen LogP contribution in [0.15, 0.2) is 0 Å². The summed E-state index contributed by atoms with van der Waals surface area (Å²) in [4.78, 5) is 0. The van der Waals surface area contributed by atoms with E-state index in [2.05, 4.69) is 20.8 Å². The molecule has 0 aromatic heterocycles. The van der Waals surface area contributed by atoms with Crippen LogP contribution in [0.3, 0.4) is 0 Å². The molecule has 0 amide bonds. The van der Waals surface area contributed by atoms with Crippen LogP contribution in [0, 0.1) is 0 Å². The summed E-state index contributed by atoms with van der Waals surface area (Å²) in [6.45, 7) is 12.4. The van der Waals surface area contributed by atoms with Crippen LogP contribution in [0.25, 0.3) is 0 Å². The molecule has 0 saturated carbocycles. The normalized spacial score (nSPS) is 13.3. The van der Waals surface area contributed by atoms with Crippen molar-refractivity contribution < 1.29 is 9.13 Å². The fourth-order valence-corrected chi connectivity index (χ4v) is 6.62. The molecule has 0 heterocycles. The van der Waals surface area contributed by atoms with Gasteiger partial charge in [0.25, 0.3) is 0 Å². The molecule has 0 saturated heterocycles. The maximum absolute atomic E-state index is 11.9. The van der Waals surface area contributed by atoms with Crippen molar-refractivity contribution >= 4 is 14.3 Å².